The summed E-state index contributed by atoms with van der Waals surface area (Å²) in [6.45, 7) is 0. The third kappa shape index (κ3) is 3.32. The molecule has 0 radical (unpaired) electrons. The zero-order valence-electron chi connectivity index (χ0n) is 14.5. The van der Waals surface area contributed by atoms with Gasteiger partial charge in [0.25, 0.3) is 0 Å². The number of hydrogen-bond acceptors (Lipinski definition) is 0. The van der Waals surface area contributed by atoms with Crippen molar-refractivity contribution in [1.82, 2.24) is 0 Å². The first kappa shape index (κ1) is 18.8. The van der Waals surface area contributed by atoms with Crippen molar-refractivity contribution >= 4 is 45.3 Å². The standard InChI is InChI=1S/4C6H5.ClH.Sb.H/c4*1-2-4-6-5-3-1;;;/h4*1-5H;1H;;. The van der Waals surface area contributed by atoms with Gasteiger partial charge in [-0.05, 0) is 0 Å². The molecule has 0 atom stereocenters. The molecule has 0 amide bonds. The predicted octanol–water partition coefficient (Wildman–Crippen LogP) is 3.22. The number of hydrogen-bond donors (Lipinski definition) is 0. The van der Waals surface area contributed by atoms with Gasteiger partial charge in [-0.25, -0.2) is 0 Å². The second kappa shape index (κ2) is 8.58. The van der Waals surface area contributed by atoms with Gasteiger partial charge in [0.05, 0.1) is 0 Å². The van der Waals surface area contributed by atoms with Crippen LogP contribution in [0, 0.1) is 0 Å². The van der Waals surface area contributed by atoms with E-state index in [0.29, 0.717) is 0 Å². The first-order chi connectivity index (χ1) is 12.4. The molecule has 0 aliphatic heterocycles. The van der Waals surface area contributed by atoms with E-state index in [1.165, 1.54) is 14.0 Å². The molecule has 0 fully saturated rings. The molecule has 0 aliphatic rings. The van der Waals surface area contributed by atoms with E-state index in [9.17, 15) is 0 Å². The molecule has 0 aliphatic carbocycles. The molecule has 0 unspecified atom stereocenters. The van der Waals surface area contributed by atoms with Gasteiger partial charge < -0.3 is 0 Å². The minimum atomic E-state index is -3.31. The van der Waals surface area contributed by atoms with E-state index in [1.54, 1.807) is 0 Å². The van der Waals surface area contributed by atoms with Crippen molar-refractivity contribution in [3.8, 4) is 0 Å². The van der Waals surface area contributed by atoms with Crippen LogP contribution in [0.2, 0.25) is 0 Å². The molecule has 4 aromatic rings. The van der Waals surface area contributed by atoms with Crippen LogP contribution in [0.3, 0.4) is 0 Å². The Kier molecular flexibility index (Phi) is 6.20. The van der Waals surface area contributed by atoms with Gasteiger partial charge in [0.1, 0.15) is 0 Å². The van der Waals surface area contributed by atoms with E-state index in [2.05, 4.69) is 121 Å². The van der Waals surface area contributed by atoms with Crippen LogP contribution in [0.4, 0.5) is 0 Å². The monoisotopic (exact) mass is 466 g/mol. The molecule has 0 nitrogen and oxygen atoms in total. The third-order valence-electron chi connectivity index (χ3n) is 4.83. The Morgan fingerprint density at radius 2 is 0.500 bits per heavy atom. The molecule has 0 N–H and O–H groups in total. The fourth-order valence-electron chi connectivity index (χ4n) is 3.75. The molecular weight excluding hydrogens is 445 g/mol. The summed E-state index contributed by atoms with van der Waals surface area (Å²) in [6.07, 6.45) is 0. The summed E-state index contributed by atoms with van der Waals surface area (Å²) < 4.78 is 5.95. The molecule has 0 aromatic heterocycles. The second-order valence-corrected chi connectivity index (χ2v) is 17.1. The summed E-state index contributed by atoms with van der Waals surface area (Å²) in [6, 6.07) is 44.4. The Bertz CT molecular complexity index is 759. The summed E-state index contributed by atoms with van der Waals surface area (Å²) in [4.78, 5) is 0. The Morgan fingerprint density at radius 1 is 0.308 bits per heavy atom. The molecule has 0 heterocycles. The second-order valence-electron chi connectivity index (χ2n) is 6.21. The summed E-state index contributed by atoms with van der Waals surface area (Å²) in [5, 5.41) is 0. The Labute approximate surface area is 165 Å². The summed E-state index contributed by atoms with van der Waals surface area (Å²) >= 11 is -3.31. The molecule has 0 spiro atoms. The number of rotatable bonds is 4. The molecule has 26 heavy (non-hydrogen) atoms. The molecule has 2 heteroatoms. The van der Waals surface area contributed by atoms with Crippen molar-refractivity contribution < 1.29 is 0 Å². The van der Waals surface area contributed by atoms with Crippen LogP contribution in [0.5, 0.6) is 0 Å². The van der Waals surface area contributed by atoms with Gasteiger partial charge in [-0.2, -0.15) is 0 Å². The number of halogens is 1. The Balaban J connectivity index is 0.00000196. The normalized spacial score (nSPS) is 11.4. The van der Waals surface area contributed by atoms with Gasteiger partial charge >= 0.3 is 154 Å². The minimum absolute atomic E-state index is 0. The van der Waals surface area contributed by atoms with Crippen LogP contribution in [0.25, 0.3) is 0 Å². The van der Waals surface area contributed by atoms with Crippen molar-refractivity contribution in [3.05, 3.63) is 121 Å². The molecular formula is C24H22ClSb. The van der Waals surface area contributed by atoms with Gasteiger partial charge in [0, 0.05) is 0 Å². The van der Waals surface area contributed by atoms with Crippen LogP contribution < -0.4 is 14.0 Å². The fraction of sp³-hybridized carbons (Fsp3) is 0. The van der Waals surface area contributed by atoms with E-state index < -0.39 is 18.8 Å². The van der Waals surface area contributed by atoms with Crippen molar-refractivity contribution in [2.45, 2.75) is 0 Å². The summed E-state index contributed by atoms with van der Waals surface area (Å²) in [7, 11) is 0. The third-order valence-corrected chi connectivity index (χ3v) is 18.5. The number of benzene rings is 4. The van der Waals surface area contributed by atoms with Gasteiger partial charge in [0.15, 0.2) is 0 Å². The molecule has 0 saturated carbocycles. The zero-order valence-corrected chi connectivity index (χ0v) is 18.1. The van der Waals surface area contributed by atoms with Gasteiger partial charge in [-0.15, -0.1) is 12.4 Å². The molecule has 0 saturated heterocycles. The average molecular weight is 468 g/mol. The van der Waals surface area contributed by atoms with Crippen LogP contribution in [0.1, 0.15) is 0 Å². The van der Waals surface area contributed by atoms with Crippen LogP contribution in [-0.2, 0) is 0 Å². The topological polar surface area (TPSA) is 0 Å². The van der Waals surface area contributed by atoms with Crippen molar-refractivity contribution in [3.63, 3.8) is 0 Å². The van der Waals surface area contributed by atoms with E-state index in [1.807, 2.05) is 0 Å². The van der Waals surface area contributed by atoms with Gasteiger partial charge in [-0.1, -0.05) is 0 Å². The molecule has 4 rings (SSSR count). The summed E-state index contributed by atoms with van der Waals surface area (Å²) in [5.74, 6) is 0. The van der Waals surface area contributed by atoms with E-state index in [4.69, 9.17) is 0 Å². The maximum atomic E-state index is 2.32. The fourth-order valence-corrected chi connectivity index (χ4v) is 17.4. The maximum absolute atomic E-state index is 3.31. The first-order valence-corrected chi connectivity index (χ1v) is 14.4. The van der Waals surface area contributed by atoms with E-state index >= 15 is 0 Å². The summed E-state index contributed by atoms with van der Waals surface area (Å²) in [5.41, 5.74) is 0. The Hall–Kier alpha value is -2.01. The van der Waals surface area contributed by atoms with Crippen LogP contribution in [0.15, 0.2) is 121 Å². The van der Waals surface area contributed by atoms with E-state index in [-0.39, 0.29) is 12.4 Å². The van der Waals surface area contributed by atoms with Gasteiger partial charge in [0.2, 0.25) is 0 Å². The quantitative estimate of drug-likeness (QED) is 0.405. The Morgan fingerprint density at radius 3 is 0.692 bits per heavy atom. The molecule has 4 aromatic carbocycles. The van der Waals surface area contributed by atoms with Crippen molar-refractivity contribution in [2.75, 3.05) is 0 Å². The van der Waals surface area contributed by atoms with Crippen LogP contribution >= 0.6 is 12.4 Å². The van der Waals surface area contributed by atoms with Crippen LogP contribution in [-0.4, -0.2) is 18.8 Å². The van der Waals surface area contributed by atoms with E-state index in [0.717, 1.165) is 0 Å². The molecule has 0 bridgehead atoms. The predicted molar refractivity (Wildman–Crippen MR) is 119 cm³/mol. The zero-order chi connectivity index (χ0) is 17.0. The van der Waals surface area contributed by atoms with Crippen molar-refractivity contribution in [2.24, 2.45) is 0 Å². The average Bonchev–Trinajstić information content (AvgIpc) is 2.72. The van der Waals surface area contributed by atoms with Crippen molar-refractivity contribution in [1.29, 1.82) is 0 Å². The van der Waals surface area contributed by atoms with Gasteiger partial charge in [-0.3, -0.25) is 0 Å². The first-order valence-electron chi connectivity index (χ1n) is 8.64. The molecule has 130 valence electrons. The SMILES string of the molecule is Cl.c1cc[c]([SbH]([c]2ccccc2)([c]2ccccc2)[c]2ccccc2)cc1.